The third-order valence-electron chi connectivity index (χ3n) is 5.30. The largest absolute Gasteiger partial charge is 0.493 e. The van der Waals surface area contributed by atoms with E-state index in [0.29, 0.717) is 37.9 Å². The number of aromatic nitrogens is 3. The van der Waals surface area contributed by atoms with Crippen LogP contribution in [0.1, 0.15) is 38.5 Å². The summed E-state index contributed by atoms with van der Waals surface area (Å²) < 4.78 is 18.3. The Morgan fingerprint density at radius 1 is 1.17 bits per heavy atom. The van der Waals surface area contributed by atoms with Crippen molar-refractivity contribution in [3.63, 3.8) is 0 Å². The number of halogens is 1. The van der Waals surface area contributed by atoms with Crippen LogP contribution in [0, 0.1) is 0 Å². The number of fused-ring (bicyclic) bond motifs is 3. The molecule has 0 unspecified atom stereocenters. The molecule has 2 heterocycles. The van der Waals surface area contributed by atoms with Gasteiger partial charge in [-0.25, -0.2) is 0 Å². The second-order valence-electron chi connectivity index (χ2n) is 7.41. The minimum absolute atomic E-state index is 0.154. The maximum Gasteiger partial charge on any atom is 0.311 e. The SMILES string of the molecule is CCC(=O)Oc1c(OC)cc(Br)cc1[C@@H]1Oc2nc(SC)nnc2-c2ccccc2N1C(=O)CC. The van der Waals surface area contributed by atoms with Crippen LogP contribution in [0.4, 0.5) is 5.69 Å². The molecule has 2 aromatic carbocycles. The third-order valence-corrected chi connectivity index (χ3v) is 6.30. The Hall–Kier alpha value is -3.18. The fourth-order valence-electron chi connectivity index (χ4n) is 3.66. The van der Waals surface area contributed by atoms with Crippen molar-refractivity contribution in [1.29, 1.82) is 0 Å². The van der Waals surface area contributed by atoms with E-state index in [9.17, 15) is 9.59 Å². The topological polar surface area (TPSA) is 104 Å². The first kappa shape index (κ1) is 24.9. The predicted molar refractivity (Wildman–Crippen MR) is 135 cm³/mol. The molecular formula is C24H23BrN4O5S. The van der Waals surface area contributed by atoms with E-state index in [1.165, 1.54) is 23.8 Å². The normalized spacial score (nSPS) is 14.3. The van der Waals surface area contributed by atoms with Gasteiger partial charge in [0.1, 0.15) is 0 Å². The summed E-state index contributed by atoms with van der Waals surface area (Å²) in [4.78, 5) is 31.8. The molecule has 4 rings (SSSR count). The van der Waals surface area contributed by atoms with Gasteiger partial charge in [-0.1, -0.05) is 59.7 Å². The summed E-state index contributed by atoms with van der Waals surface area (Å²) in [5, 5.41) is 8.95. The summed E-state index contributed by atoms with van der Waals surface area (Å²) in [6.07, 6.45) is 1.15. The molecule has 1 aliphatic heterocycles. The number of anilines is 1. The molecule has 11 heteroatoms. The summed E-state index contributed by atoms with van der Waals surface area (Å²) in [6, 6.07) is 10.7. The van der Waals surface area contributed by atoms with E-state index in [0.717, 1.165) is 0 Å². The molecule has 0 radical (unpaired) electrons. The van der Waals surface area contributed by atoms with Gasteiger partial charge >= 0.3 is 5.97 Å². The second kappa shape index (κ2) is 10.6. The molecule has 1 amide bonds. The van der Waals surface area contributed by atoms with E-state index in [1.807, 2.05) is 30.5 Å². The number of hydrogen-bond donors (Lipinski definition) is 0. The van der Waals surface area contributed by atoms with Crippen LogP contribution >= 0.6 is 27.7 Å². The van der Waals surface area contributed by atoms with Gasteiger partial charge in [-0.15, -0.1) is 10.2 Å². The molecular weight excluding hydrogens is 536 g/mol. The third kappa shape index (κ3) is 4.83. The number of ether oxygens (including phenoxy) is 3. The Morgan fingerprint density at radius 3 is 2.63 bits per heavy atom. The molecule has 0 aliphatic carbocycles. The Labute approximate surface area is 215 Å². The first-order valence-corrected chi connectivity index (χ1v) is 12.9. The molecule has 35 heavy (non-hydrogen) atoms. The zero-order valence-electron chi connectivity index (χ0n) is 19.6. The molecule has 1 aromatic heterocycles. The predicted octanol–water partition coefficient (Wildman–Crippen LogP) is 5.18. The van der Waals surface area contributed by atoms with Crippen molar-refractivity contribution in [2.24, 2.45) is 0 Å². The van der Waals surface area contributed by atoms with Crippen molar-refractivity contribution < 1.29 is 23.8 Å². The van der Waals surface area contributed by atoms with E-state index in [-0.39, 0.29) is 30.4 Å². The van der Waals surface area contributed by atoms with Gasteiger partial charge in [0, 0.05) is 22.9 Å². The van der Waals surface area contributed by atoms with Crippen LogP contribution in [-0.2, 0) is 9.59 Å². The Morgan fingerprint density at radius 2 is 1.94 bits per heavy atom. The van der Waals surface area contributed by atoms with Crippen molar-refractivity contribution in [2.75, 3.05) is 18.3 Å². The quantitative estimate of drug-likeness (QED) is 0.230. The van der Waals surface area contributed by atoms with E-state index in [1.54, 1.807) is 26.0 Å². The fourth-order valence-corrected chi connectivity index (χ4v) is 4.41. The van der Waals surface area contributed by atoms with E-state index in [4.69, 9.17) is 14.2 Å². The summed E-state index contributed by atoms with van der Waals surface area (Å²) >= 11 is 4.82. The second-order valence-corrected chi connectivity index (χ2v) is 9.10. The Balaban J connectivity index is 2.03. The molecule has 182 valence electrons. The first-order chi connectivity index (χ1) is 16.9. The van der Waals surface area contributed by atoms with Gasteiger partial charge in [0.2, 0.25) is 23.2 Å². The van der Waals surface area contributed by atoms with Crippen LogP contribution in [0.25, 0.3) is 11.3 Å². The highest BCUT2D eigenvalue weighted by Gasteiger charge is 2.38. The van der Waals surface area contributed by atoms with E-state index >= 15 is 0 Å². The molecule has 0 spiro atoms. The van der Waals surface area contributed by atoms with Gasteiger partial charge in [0.05, 0.1) is 18.4 Å². The van der Waals surface area contributed by atoms with Crippen LogP contribution in [0.3, 0.4) is 0 Å². The minimum Gasteiger partial charge on any atom is -0.493 e. The highest BCUT2D eigenvalue weighted by Crippen LogP contribution is 2.47. The van der Waals surface area contributed by atoms with E-state index in [2.05, 4.69) is 31.1 Å². The van der Waals surface area contributed by atoms with Crippen molar-refractivity contribution >= 4 is 45.3 Å². The van der Waals surface area contributed by atoms with Crippen molar-refractivity contribution in [3.8, 4) is 28.6 Å². The lowest BCUT2D eigenvalue weighted by atomic mass is 10.1. The first-order valence-electron chi connectivity index (χ1n) is 10.9. The molecule has 0 N–H and O–H groups in total. The van der Waals surface area contributed by atoms with Gasteiger partial charge in [-0.2, -0.15) is 4.98 Å². The van der Waals surface area contributed by atoms with Crippen LogP contribution in [0.15, 0.2) is 46.0 Å². The lowest BCUT2D eigenvalue weighted by Crippen LogP contribution is -2.37. The molecule has 1 atom stereocenters. The molecule has 0 saturated carbocycles. The number of carbonyl (C=O) groups is 2. The van der Waals surface area contributed by atoms with Gasteiger partial charge < -0.3 is 14.2 Å². The standard InChI is InChI=1S/C24H23BrN4O5S/c1-5-18(30)29-16-10-8-7-9-14(16)20-22(26-24(35-4)28-27-20)34-23(29)15-11-13(25)12-17(32-3)21(15)33-19(31)6-2/h7-12,23H,5-6H2,1-4H3/t23-/m0/s1. The summed E-state index contributed by atoms with van der Waals surface area (Å²) in [7, 11) is 1.48. The van der Waals surface area contributed by atoms with Gasteiger partial charge in [0.25, 0.3) is 0 Å². The number of nitrogens with zero attached hydrogens (tertiary/aromatic N) is 4. The van der Waals surface area contributed by atoms with Crippen LogP contribution in [0.2, 0.25) is 0 Å². The van der Waals surface area contributed by atoms with Crippen molar-refractivity contribution in [3.05, 3.63) is 46.4 Å². The average Bonchev–Trinajstić information content (AvgIpc) is 3.02. The van der Waals surface area contributed by atoms with Crippen LogP contribution < -0.4 is 19.1 Å². The lowest BCUT2D eigenvalue weighted by Gasteiger charge is -2.31. The lowest BCUT2D eigenvalue weighted by molar-refractivity contribution is -0.134. The molecule has 0 saturated heterocycles. The number of hydrogen-bond acceptors (Lipinski definition) is 9. The maximum atomic E-state index is 13.4. The Kier molecular flexibility index (Phi) is 7.56. The zero-order valence-corrected chi connectivity index (χ0v) is 22.0. The summed E-state index contributed by atoms with van der Waals surface area (Å²) in [5.41, 5.74) is 2.03. The van der Waals surface area contributed by atoms with Crippen molar-refractivity contribution in [2.45, 2.75) is 38.1 Å². The molecule has 0 bridgehead atoms. The summed E-state index contributed by atoms with van der Waals surface area (Å²) in [6.45, 7) is 3.46. The monoisotopic (exact) mass is 558 g/mol. The number of thioether (sulfide) groups is 1. The molecule has 9 nitrogen and oxygen atoms in total. The highest BCUT2D eigenvalue weighted by atomic mass is 79.9. The van der Waals surface area contributed by atoms with Gasteiger partial charge in [-0.05, 0) is 24.5 Å². The van der Waals surface area contributed by atoms with Crippen molar-refractivity contribution in [1.82, 2.24) is 15.2 Å². The number of esters is 1. The van der Waals surface area contributed by atoms with Crippen LogP contribution in [0.5, 0.6) is 17.4 Å². The molecule has 0 fully saturated rings. The fraction of sp³-hybridized carbons (Fsp3) is 0.292. The smallest absolute Gasteiger partial charge is 0.311 e. The molecule has 3 aromatic rings. The van der Waals surface area contributed by atoms with Gasteiger partial charge in [-0.3, -0.25) is 14.5 Å². The van der Waals surface area contributed by atoms with Crippen LogP contribution in [-0.4, -0.2) is 40.4 Å². The zero-order chi connectivity index (χ0) is 25.1. The Bertz CT molecular complexity index is 1290. The number of amides is 1. The number of para-hydroxylation sites is 1. The number of benzene rings is 2. The summed E-state index contributed by atoms with van der Waals surface area (Å²) in [5.74, 6) is 0.0183. The number of carbonyl (C=O) groups excluding carboxylic acids is 2. The highest BCUT2D eigenvalue weighted by molar-refractivity contribution is 9.10. The molecule has 1 aliphatic rings. The van der Waals surface area contributed by atoms with Gasteiger partial charge in [0.15, 0.2) is 17.2 Å². The number of rotatable bonds is 6. The minimum atomic E-state index is -1.04. The number of methoxy groups -OCH3 is 1. The van der Waals surface area contributed by atoms with E-state index < -0.39 is 12.2 Å². The maximum absolute atomic E-state index is 13.4. The average molecular weight is 559 g/mol.